The molecule has 2 heterocycles. The third-order valence-electron chi connectivity index (χ3n) is 1.50. The van der Waals surface area contributed by atoms with Crippen molar-refractivity contribution >= 4 is 5.78 Å². The van der Waals surface area contributed by atoms with Crippen molar-refractivity contribution < 1.29 is 9.53 Å². The van der Waals surface area contributed by atoms with Crippen molar-refractivity contribution in [3.8, 4) is 5.88 Å². The highest BCUT2D eigenvalue weighted by atomic mass is 16.5. The predicted octanol–water partition coefficient (Wildman–Crippen LogP) is 0.442. The Bertz CT molecular complexity index is 298. The summed E-state index contributed by atoms with van der Waals surface area (Å²) < 4.78 is 5.10. The fraction of sp³-hybridized carbons (Fsp3) is 0.286. The minimum atomic E-state index is 0.0133. The molecule has 56 valence electrons. The molecule has 0 radical (unpaired) electrons. The van der Waals surface area contributed by atoms with Gasteiger partial charge in [0.05, 0.1) is 6.61 Å². The summed E-state index contributed by atoms with van der Waals surface area (Å²) in [5.74, 6) is 0.378. The van der Waals surface area contributed by atoms with Crippen LogP contribution in [-0.4, -0.2) is 22.4 Å². The quantitative estimate of drug-likeness (QED) is 0.538. The Kier molecular flexibility index (Phi) is 1.31. The molecule has 0 atom stereocenters. The largest absolute Gasteiger partial charge is 0.476 e. The molecule has 4 nitrogen and oxygen atoms in total. The summed E-state index contributed by atoms with van der Waals surface area (Å²) in [5.41, 5.74) is 0.360. The van der Waals surface area contributed by atoms with E-state index in [0.29, 0.717) is 24.6 Å². The Morgan fingerprint density at radius 3 is 3.00 bits per heavy atom. The second-order valence-corrected chi connectivity index (χ2v) is 2.23. The van der Waals surface area contributed by atoms with Crippen LogP contribution in [0.5, 0.6) is 5.88 Å². The van der Waals surface area contributed by atoms with Gasteiger partial charge in [0.2, 0.25) is 5.88 Å². The maximum absolute atomic E-state index is 11.1. The molecule has 0 N–H and O–H groups in total. The predicted molar refractivity (Wildman–Crippen MR) is 36.5 cm³/mol. The number of aromatic nitrogens is 2. The molecule has 0 saturated heterocycles. The van der Waals surface area contributed by atoms with Crippen molar-refractivity contribution in [1.82, 2.24) is 9.97 Å². The van der Waals surface area contributed by atoms with Crippen LogP contribution in [0, 0.1) is 0 Å². The van der Waals surface area contributed by atoms with E-state index >= 15 is 0 Å². The monoisotopic (exact) mass is 150 g/mol. The summed E-state index contributed by atoms with van der Waals surface area (Å²) in [5, 5.41) is 0. The summed E-state index contributed by atoms with van der Waals surface area (Å²) in [6.45, 7) is 0.421. The standard InChI is InChI=1S/C7H6N2O2/c10-5-1-4-11-7-6(5)8-2-3-9-7/h2-3H,1,4H2. The van der Waals surface area contributed by atoms with Gasteiger partial charge < -0.3 is 4.74 Å². The summed E-state index contributed by atoms with van der Waals surface area (Å²) >= 11 is 0. The second kappa shape index (κ2) is 2.30. The van der Waals surface area contributed by atoms with E-state index in [1.165, 1.54) is 12.4 Å². The van der Waals surface area contributed by atoms with E-state index in [9.17, 15) is 4.79 Å². The van der Waals surface area contributed by atoms with Crippen molar-refractivity contribution in [2.75, 3.05) is 6.61 Å². The molecule has 2 rings (SSSR count). The minimum Gasteiger partial charge on any atom is -0.476 e. The van der Waals surface area contributed by atoms with Gasteiger partial charge in [-0.1, -0.05) is 0 Å². The Morgan fingerprint density at radius 2 is 2.18 bits per heavy atom. The first-order chi connectivity index (χ1) is 5.38. The number of carbonyl (C=O) groups is 1. The van der Waals surface area contributed by atoms with E-state index in [1.54, 1.807) is 0 Å². The van der Waals surface area contributed by atoms with E-state index < -0.39 is 0 Å². The lowest BCUT2D eigenvalue weighted by Gasteiger charge is -2.12. The average Bonchev–Trinajstić information content (AvgIpc) is 2.06. The van der Waals surface area contributed by atoms with Crippen LogP contribution in [0.2, 0.25) is 0 Å². The van der Waals surface area contributed by atoms with E-state index in [4.69, 9.17) is 4.74 Å². The molecule has 11 heavy (non-hydrogen) atoms. The molecule has 1 aliphatic rings. The fourth-order valence-corrected chi connectivity index (χ4v) is 0.981. The molecular formula is C7H6N2O2. The zero-order valence-electron chi connectivity index (χ0n) is 5.78. The van der Waals surface area contributed by atoms with Crippen LogP contribution in [0.25, 0.3) is 0 Å². The molecule has 0 fully saturated rings. The SMILES string of the molecule is O=C1CCOc2nccnc21. The van der Waals surface area contributed by atoms with Gasteiger partial charge in [-0.05, 0) is 0 Å². The smallest absolute Gasteiger partial charge is 0.243 e. The first-order valence-electron chi connectivity index (χ1n) is 3.35. The first-order valence-corrected chi connectivity index (χ1v) is 3.35. The number of ether oxygens (including phenoxy) is 1. The van der Waals surface area contributed by atoms with Crippen LogP contribution in [0.1, 0.15) is 16.9 Å². The molecule has 0 spiro atoms. The Balaban J connectivity index is 2.52. The van der Waals surface area contributed by atoms with Gasteiger partial charge in [0.15, 0.2) is 11.5 Å². The maximum atomic E-state index is 11.1. The summed E-state index contributed by atoms with van der Waals surface area (Å²) in [7, 11) is 0. The zero-order valence-corrected chi connectivity index (χ0v) is 5.78. The lowest BCUT2D eigenvalue weighted by Crippen LogP contribution is -2.17. The number of rotatable bonds is 0. The van der Waals surface area contributed by atoms with Gasteiger partial charge in [-0.25, -0.2) is 9.97 Å². The van der Waals surface area contributed by atoms with Gasteiger partial charge in [0.1, 0.15) is 0 Å². The number of hydrogen-bond acceptors (Lipinski definition) is 4. The van der Waals surface area contributed by atoms with E-state index in [-0.39, 0.29) is 5.78 Å². The van der Waals surface area contributed by atoms with Gasteiger partial charge in [-0.3, -0.25) is 4.79 Å². The van der Waals surface area contributed by atoms with Crippen molar-refractivity contribution in [3.05, 3.63) is 18.1 Å². The Hall–Kier alpha value is -1.45. The number of fused-ring (bicyclic) bond motifs is 1. The highest BCUT2D eigenvalue weighted by molar-refractivity contribution is 5.96. The van der Waals surface area contributed by atoms with Gasteiger partial charge in [-0.15, -0.1) is 0 Å². The summed E-state index contributed by atoms with van der Waals surface area (Å²) in [6, 6.07) is 0. The van der Waals surface area contributed by atoms with Crippen LogP contribution in [0.3, 0.4) is 0 Å². The molecule has 1 aromatic rings. The molecule has 0 unspecified atom stereocenters. The lowest BCUT2D eigenvalue weighted by molar-refractivity contribution is 0.0922. The van der Waals surface area contributed by atoms with Crippen LogP contribution < -0.4 is 4.74 Å². The molecule has 0 bridgehead atoms. The topological polar surface area (TPSA) is 52.1 Å². The van der Waals surface area contributed by atoms with Crippen molar-refractivity contribution in [2.45, 2.75) is 6.42 Å². The third kappa shape index (κ3) is 0.960. The highest BCUT2D eigenvalue weighted by Gasteiger charge is 2.19. The highest BCUT2D eigenvalue weighted by Crippen LogP contribution is 2.17. The van der Waals surface area contributed by atoms with Crippen LogP contribution in [0.15, 0.2) is 12.4 Å². The van der Waals surface area contributed by atoms with Crippen molar-refractivity contribution in [2.24, 2.45) is 0 Å². The number of carbonyl (C=O) groups excluding carboxylic acids is 1. The third-order valence-corrected chi connectivity index (χ3v) is 1.50. The van der Waals surface area contributed by atoms with E-state index in [1.807, 2.05) is 0 Å². The van der Waals surface area contributed by atoms with E-state index in [2.05, 4.69) is 9.97 Å². The summed E-state index contributed by atoms with van der Waals surface area (Å²) in [6.07, 6.45) is 3.41. The number of hydrogen-bond donors (Lipinski definition) is 0. The van der Waals surface area contributed by atoms with Gasteiger partial charge in [0.25, 0.3) is 0 Å². The van der Waals surface area contributed by atoms with Crippen molar-refractivity contribution in [1.29, 1.82) is 0 Å². The van der Waals surface area contributed by atoms with Crippen molar-refractivity contribution in [3.63, 3.8) is 0 Å². The first kappa shape index (κ1) is 6.27. The molecule has 0 amide bonds. The lowest BCUT2D eigenvalue weighted by atomic mass is 10.2. The van der Waals surface area contributed by atoms with Crippen LogP contribution >= 0.6 is 0 Å². The number of nitrogens with zero attached hydrogens (tertiary/aromatic N) is 2. The van der Waals surface area contributed by atoms with Gasteiger partial charge >= 0.3 is 0 Å². The molecule has 0 aliphatic carbocycles. The van der Waals surface area contributed by atoms with Gasteiger partial charge in [0, 0.05) is 18.8 Å². The van der Waals surface area contributed by atoms with E-state index in [0.717, 1.165) is 0 Å². The molecule has 0 aromatic carbocycles. The fourth-order valence-electron chi connectivity index (χ4n) is 0.981. The molecular weight excluding hydrogens is 144 g/mol. The Labute approximate surface area is 63.2 Å². The van der Waals surface area contributed by atoms with Gasteiger partial charge in [-0.2, -0.15) is 0 Å². The number of ketones is 1. The Morgan fingerprint density at radius 1 is 1.36 bits per heavy atom. The molecule has 4 heteroatoms. The second-order valence-electron chi connectivity index (χ2n) is 2.23. The summed E-state index contributed by atoms with van der Waals surface area (Å²) in [4.78, 5) is 18.8. The zero-order chi connectivity index (χ0) is 7.68. The molecule has 1 aliphatic heterocycles. The normalized spacial score (nSPS) is 15.5. The van der Waals surface area contributed by atoms with Crippen LogP contribution in [-0.2, 0) is 0 Å². The molecule has 1 aromatic heterocycles. The van der Waals surface area contributed by atoms with Crippen LogP contribution in [0.4, 0.5) is 0 Å². The average molecular weight is 150 g/mol. The minimum absolute atomic E-state index is 0.0133. The number of Topliss-reactive ketones (excluding diaryl/α,β-unsaturated/α-hetero) is 1. The molecule has 0 saturated carbocycles. The maximum Gasteiger partial charge on any atom is 0.243 e.